The van der Waals surface area contributed by atoms with Crippen LogP contribution in [-0.2, 0) is 23.1 Å². The van der Waals surface area contributed by atoms with Gasteiger partial charge in [0.15, 0.2) is 11.5 Å². The Bertz CT molecular complexity index is 1070. The standard InChI is InChI=1S/C19H18N2O2.CH4O3S/c1-22-16-10-14-8-9-21-12-20-18(13-6-4-3-5-7-13)19(21)15(14)11-17(16)23-2;1-5(2,3)4/h3-7,10-12H,8-9H2,1-2H3;1H3,(H,2,3,4). The summed E-state index contributed by atoms with van der Waals surface area (Å²) in [5.74, 6) is 1.53. The van der Waals surface area contributed by atoms with Gasteiger partial charge in [-0.25, -0.2) is 4.98 Å². The number of aryl methyl sites for hydroxylation is 2. The third-order valence-electron chi connectivity index (χ3n) is 4.37. The van der Waals surface area contributed by atoms with E-state index in [1.807, 2.05) is 24.5 Å². The van der Waals surface area contributed by atoms with Crippen molar-refractivity contribution in [3.8, 4) is 34.0 Å². The Balaban J connectivity index is 0.000000403. The number of nitrogens with zero attached hydrogens (tertiary/aromatic N) is 2. The van der Waals surface area contributed by atoms with Crippen LogP contribution in [0.4, 0.5) is 0 Å². The molecule has 0 atom stereocenters. The van der Waals surface area contributed by atoms with Crippen molar-refractivity contribution in [3.63, 3.8) is 0 Å². The smallest absolute Gasteiger partial charge is 0.261 e. The summed E-state index contributed by atoms with van der Waals surface area (Å²) in [4.78, 5) is 4.66. The summed E-state index contributed by atoms with van der Waals surface area (Å²) in [5.41, 5.74) is 5.74. The monoisotopic (exact) mass is 402 g/mol. The van der Waals surface area contributed by atoms with E-state index >= 15 is 0 Å². The molecule has 0 spiro atoms. The minimum atomic E-state index is -3.67. The van der Waals surface area contributed by atoms with Crippen LogP contribution in [0.5, 0.6) is 11.5 Å². The average molecular weight is 402 g/mol. The summed E-state index contributed by atoms with van der Waals surface area (Å²) in [6.07, 6.45) is 3.61. The highest BCUT2D eigenvalue weighted by molar-refractivity contribution is 7.85. The van der Waals surface area contributed by atoms with Gasteiger partial charge < -0.3 is 14.0 Å². The molecule has 148 valence electrons. The molecular formula is C20H22N2O5S. The van der Waals surface area contributed by atoms with E-state index in [2.05, 4.69) is 33.8 Å². The second-order valence-electron chi connectivity index (χ2n) is 6.35. The van der Waals surface area contributed by atoms with Crippen molar-refractivity contribution in [2.45, 2.75) is 13.0 Å². The van der Waals surface area contributed by atoms with Crippen LogP contribution in [0, 0.1) is 0 Å². The number of methoxy groups -OCH3 is 2. The van der Waals surface area contributed by atoms with Gasteiger partial charge in [0.1, 0.15) is 0 Å². The van der Waals surface area contributed by atoms with E-state index in [0.29, 0.717) is 6.26 Å². The third-order valence-corrected chi connectivity index (χ3v) is 4.37. The maximum Gasteiger partial charge on any atom is 0.261 e. The van der Waals surface area contributed by atoms with Gasteiger partial charge in [-0.05, 0) is 24.1 Å². The molecule has 1 aliphatic heterocycles. The Kier molecular flexibility index (Phi) is 5.71. The SMILES string of the molecule is COc1cc2c(cc1OC)-c1c(-c3ccccc3)ncn1CC2.CS(=O)(=O)O. The fourth-order valence-corrected chi connectivity index (χ4v) is 3.23. The van der Waals surface area contributed by atoms with E-state index in [9.17, 15) is 8.42 Å². The van der Waals surface area contributed by atoms with Gasteiger partial charge in [0.05, 0.1) is 38.2 Å². The molecular weight excluding hydrogens is 380 g/mol. The first-order valence-electron chi connectivity index (χ1n) is 8.60. The molecule has 1 N–H and O–H groups in total. The number of rotatable bonds is 3. The molecule has 0 fully saturated rings. The Morgan fingerprint density at radius 2 is 1.68 bits per heavy atom. The Morgan fingerprint density at radius 1 is 1.07 bits per heavy atom. The first-order valence-corrected chi connectivity index (χ1v) is 10.4. The summed E-state index contributed by atoms with van der Waals surface area (Å²) < 4.78 is 39.0. The lowest BCUT2D eigenvalue weighted by molar-refractivity contribution is 0.354. The number of benzene rings is 2. The number of aromatic nitrogens is 2. The van der Waals surface area contributed by atoms with Gasteiger partial charge in [0.2, 0.25) is 0 Å². The molecule has 0 unspecified atom stereocenters. The van der Waals surface area contributed by atoms with Crippen molar-refractivity contribution in [2.24, 2.45) is 0 Å². The Hall–Kier alpha value is -2.84. The molecule has 0 bridgehead atoms. The maximum absolute atomic E-state index is 9.19. The van der Waals surface area contributed by atoms with E-state index in [-0.39, 0.29) is 0 Å². The molecule has 0 aliphatic carbocycles. The van der Waals surface area contributed by atoms with Crippen LogP contribution in [0.1, 0.15) is 5.56 Å². The first-order chi connectivity index (χ1) is 13.3. The van der Waals surface area contributed by atoms with E-state index < -0.39 is 10.1 Å². The third kappa shape index (κ3) is 4.35. The largest absolute Gasteiger partial charge is 0.493 e. The van der Waals surface area contributed by atoms with Gasteiger partial charge in [-0.15, -0.1) is 0 Å². The molecule has 0 saturated heterocycles. The quantitative estimate of drug-likeness (QED) is 0.676. The molecule has 8 heteroatoms. The topological polar surface area (TPSA) is 90.7 Å². The fourth-order valence-electron chi connectivity index (χ4n) is 3.23. The lowest BCUT2D eigenvalue weighted by Gasteiger charge is -2.22. The predicted molar refractivity (Wildman–Crippen MR) is 107 cm³/mol. The van der Waals surface area contributed by atoms with Crippen LogP contribution in [-0.4, -0.2) is 43.0 Å². The lowest BCUT2D eigenvalue weighted by Crippen LogP contribution is -2.10. The van der Waals surface area contributed by atoms with Gasteiger partial charge in [0, 0.05) is 17.7 Å². The zero-order valence-electron chi connectivity index (χ0n) is 15.9. The van der Waals surface area contributed by atoms with Gasteiger partial charge in [0.25, 0.3) is 10.1 Å². The highest BCUT2D eigenvalue weighted by Gasteiger charge is 2.23. The Labute approximate surface area is 164 Å². The second-order valence-corrected chi connectivity index (χ2v) is 7.81. The van der Waals surface area contributed by atoms with E-state index in [1.165, 1.54) is 11.1 Å². The fraction of sp³-hybridized carbons (Fsp3) is 0.250. The lowest BCUT2D eigenvalue weighted by atomic mass is 9.94. The van der Waals surface area contributed by atoms with E-state index in [0.717, 1.165) is 41.4 Å². The van der Waals surface area contributed by atoms with Gasteiger partial charge >= 0.3 is 0 Å². The average Bonchev–Trinajstić information content (AvgIpc) is 3.10. The number of hydrogen-bond donors (Lipinski definition) is 1. The summed E-state index contributed by atoms with van der Waals surface area (Å²) in [5, 5.41) is 0. The van der Waals surface area contributed by atoms with Crippen LogP contribution >= 0.6 is 0 Å². The van der Waals surface area contributed by atoms with Crippen LogP contribution in [0.15, 0.2) is 48.8 Å². The van der Waals surface area contributed by atoms with Crippen LogP contribution in [0.2, 0.25) is 0 Å². The first kappa shape index (κ1) is 19.9. The van der Waals surface area contributed by atoms with E-state index in [1.54, 1.807) is 14.2 Å². The molecule has 7 nitrogen and oxygen atoms in total. The number of ether oxygens (including phenoxy) is 2. The summed E-state index contributed by atoms with van der Waals surface area (Å²) >= 11 is 0. The molecule has 1 aliphatic rings. The van der Waals surface area contributed by atoms with Crippen molar-refractivity contribution in [1.82, 2.24) is 9.55 Å². The van der Waals surface area contributed by atoms with Crippen LogP contribution in [0.3, 0.4) is 0 Å². The molecule has 3 aromatic rings. The van der Waals surface area contributed by atoms with Crippen molar-refractivity contribution in [2.75, 3.05) is 20.5 Å². The molecule has 0 amide bonds. The molecule has 0 saturated carbocycles. The maximum atomic E-state index is 9.19. The van der Waals surface area contributed by atoms with Gasteiger partial charge in [-0.1, -0.05) is 30.3 Å². The Morgan fingerprint density at radius 3 is 2.29 bits per heavy atom. The zero-order chi connectivity index (χ0) is 20.3. The zero-order valence-corrected chi connectivity index (χ0v) is 16.7. The summed E-state index contributed by atoms with van der Waals surface area (Å²) in [6, 6.07) is 14.4. The minimum Gasteiger partial charge on any atom is -0.493 e. The van der Waals surface area contributed by atoms with Crippen molar-refractivity contribution >= 4 is 10.1 Å². The van der Waals surface area contributed by atoms with Gasteiger partial charge in [-0.2, -0.15) is 8.42 Å². The molecule has 28 heavy (non-hydrogen) atoms. The normalized spacial score (nSPS) is 12.3. The minimum absolute atomic E-state index is 0.715. The van der Waals surface area contributed by atoms with E-state index in [4.69, 9.17) is 14.0 Å². The predicted octanol–water partition coefficient (Wildman–Crippen LogP) is 3.29. The van der Waals surface area contributed by atoms with Crippen LogP contribution < -0.4 is 9.47 Å². The van der Waals surface area contributed by atoms with Gasteiger partial charge in [-0.3, -0.25) is 4.55 Å². The summed E-state index contributed by atoms with van der Waals surface area (Å²) in [7, 11) is -0.324. The second kappa shape index (κ2) is 8.04. The number of hydrogen-bond acceptors (Lipinski definition) is 5. The van der Waals surface area contributed by atoms with Crippen LogP contribution in [0.25, 0.3) is 22.5 Å². The molecule has 0 radical (unpaired) electrons. The summed E-state index contributed by atoms with van der Waals surface area (Å²) in [6.45, 7) is 0.928. The molecule has 2 aromatic carbocycles. The number of imidazole rings is 1. The van der Waals surface area contributed by atoms with Crippen molar-refractivity contribution in [1.29, 1.82) is 0 Å². The molecule has 2 heterocycles. The molecule has 4 rings (SSSR count). The van der Waals surface area contributed by atoms with Crippen molar-refractivity contribution in [3.05, 3.63) is 54.4 Å². The highest BCUT2D eigenvalue weighted by Crippen LogP contribution is 2.41. The number of fused-ring (bicyclic) bond motifs is 3. The van der Waals surface area contributed by atoms with Crippen molar-refractivity contribution < 1.29 is 22.4 Å². The highest BCUT2D eigenvalue weighted by atomic mass is 32.2. The molecule has 1 aromatic heterocycles.